The summed E-state index contributed by atoms with van der Waals surface area (Å²) in [6, 6.07) is 5.47. The number of carbonyl (C=O) groups is 1. The summed E-state index contributed by atoms with van der Waals surface area (Å²) in [5.74, 6) is -0.820. The lowest BCUT2D eigenvalue weighted by atomic mass is 9.71. The number of hydrogen-bond donors (Lipinski definition) is 2. The summed E-state index contributed by atoms with van der Waals surface area (Å²) in [4.78, 5) is 11.9. The second kappa shape index (κ2) is 5.51. The first-order valence-corrected chi connectivity index (χ1v) is 7.20. The van der Waals surface area contributed by atoms with Gasteiger partial charge >= 0.3 is 5.97 Å². The first-order chi connectivity index (χ1) is 9.01. The van der Waals surface area contributed by atoms with Gasteiger partial charge in [0, 0.05) is 11.1 Å². The van der Waals surface area contributed by atoms with Gasteiger partial charge in [-0.3, -0.25) is 4.79 Å². The summed E-state index contributed by atoms with van der Waals surface area (Å²) >= 11 is 3.37. The lowest BCUT2D eigenvalue weighted by Gasteiger charge is -2.38. The van der Waals surface area contributed by atoms with Crippen molar-refractivity contribution < 1.29 is 14.6 Å². The van der Waals surface area contributed by atoms with E-state index in [9.17, 15) is 9.90 Å². The molecule has 3 N–H and O–H groups in total. The Labute approximate surface area is 121 Å². The van der Waals surface area contributed by atoms with Crippen LogP contribution in [-0.2, 0) is 14.9 Å². The molecule has 0 amide bonds. The molecule has 19 heavy (non-hydrogen) atoms. The van der Waals surface area contributed by atoms with Crippen molar-refractivity contribution in [1.29, 1.82) is 0 Å². The van der Waals surface area contributed by atoms with Crippen LogP contribution in [0.5, 0.6) is 0 Å². The average molecular weight is 328 g/mol. The van der Waals surface area contributed by atoms with E-state index in [0.29, 0.717) is 30.7 Å². The minimum absolute atomic E-state index is 0.0248. The predicted octanol–water partition coefficient (Wildman–Crippen LogP) is 2.94. The van der Waals surface area contributed by atoms with Crippen LogP contribution in [0.25, 0.3) is 0 Å². The van der Waals surface area contributed by atoms with E-state index in [1.54, 1.807) is 0 Å². The number of para-hydroxylation sites is 1. The van der Waals surface area contributed by atoms with Crippen LogP contribution in [0, 0.1) is 0 Å². The number of anilines is 1. The monoisotopic (exact) mass is 327 g/mol. The molecule has 5 heteroatoms. The third kappa shape index (κ3) is 2.49. The average Bonchev–Trinajstić information content (AvgIpc) is 2.41. The molecule has 0 aliphatic carbocycles. The molecule has 2 rings (SSSR count). The Morgan fingerprint density at radius 1 is 1.63 bits per heavy atom. The second-order valence-corrected chi connectivity index (χ2v) is 5.80. The topological polar surface area (TPSA) is 72.5 Å². The van der Waals surface area contributed by atoms with Gasteiger partial charge in [0.05, 0.1) is 17.2 Å². The zero-order valence-corrected chi connectivity index (χ0v) is 12.4. The van der Waals surface area contributed by atoms with E-state index < -0.39 is 11.4 Å². The van der Waals surface area contributed by atoms with Crippen molar-refractivity contribution in [1.82, 2.24) is 0 Å². The van der Waals surface area contributed by atoms with E-state index in [-0.39, 0.29) is 6.10 Å². The molecule has 1 aromatic rings. The third-order valence-corrected chi connectivity index (χ3v) is 4.58. The van der Waals surface area contributed by atoms with Crippen molar-refractivity contribution in [2.75, 3.05) is 12.3 Å². The van der Waals surface area contributed by atoms with Crippen molar-refractivity contribution in [3.8, 4) is 0 Å². The quantitative estimate of drug-likeness (QED) is 0.837. The van der Waals surface area contributed by atoms with Crippen LogP contribution in [0.15, 0.2) is 22.7 Å². The fourth-order valence-electron chi connectivity index (χ4n) is 2.72. The van der Waals surface area contributed by atoms with Crippen molar-refractivity contribution in [3.05, 3.63) is 28.2 Å². The molecule has 0 bridgehead atoms. The van der Waals surface area contributed by atoms with Crippen LogP contribution in [-0.4, -0.2) is 23.8 Å². The van der Waals surface area contributed by atoms with E-state index in [0.717, 1.165) is 10.9 Å². The Balaban J connectivity index is 2.50. The molecule has 0 spiro atoms. The molecule has 1 aromatic carbocycles. The minimum atomic E-state index is -0.938. The normalized spacial score (nSPS) is 27.2. The van der Waals surface area contributed by atoms with Crippen LogP contribution in [0.3, 0.4) is 0 Å². The summed E-state index contributed by atoms with van der Waals surface area (Å²) < 4.78 is 6.35. The van der Waals surface area contributed by atoms with Crippen LogP contribution in [0.1, 0.15) is 31.7 Å². The molecule has 1 aliphatic rings. The molecule has 104 valence electrons. The molecule has 4 nitrogen and oxygen atoms in total. The number of carboxylic acid groups (broad SMARTS) is 1. The smallest absolute Gasteiger partial charge is 0.314 e. The first-order valence-electron chi connectivity index (χ1n) is 6.40. The Morgan fingerprint density at radius 3 is 3.00 bits per heavy atom. The summed E-state index contributed by atoms with van der Waals surface area (Å²) in [7, 11) is 0. The van der Waals surface area contributed by atoms with Gasteiger partial charge in [-0.1, -0.05) is 19.1 Å². The summed E-state index contributed by atoms with van der Waals surface area (Å²) in [6.45, 7) is 2.46. The van der Waals surface area contributed by atoms with Gasteiger partial charge < -0.3 is 15.6 Å². The molecule has 1 saturated heterocycles. The largest absolute Gasteiger partial charge is 0.481 e. The van der Waals surface area contributed by atoms with Crippen molar-refractivity contribution in [2.24, 2.45) is 0 Å². The van der Waals surface area contributed by atoms with Gasteiger partial charge in [-0.15, -0.1) is 0 Å². The number of hydrogen-bond acceptors (Lipinski definition) is 3. The maximum atomic E-state index is 11.9. The fraction of sp³-hybridized carbons (Fsp3) is 0.500. The van der Waals surface area contributed by atoms with E-state index in [2.05, 4.69) is 15.9 Å². The van der Waals surface area contributed by atoms with E-state index in [1.165, 1.54) is 0 Å². The highest BCUT2D eigenvalue weighted by Gasteiger charge is 2.46. The van der Waals surface area contributed by atoms with Gasteiger partial charge in [0.1, 0.15) is 0 Å². The van der Waals surface area contributed by atoms with Gasteiger partial charge in [0.25, 0.3) is 0 Å². The molecule has 0 radical (unpaired) electrons. The Hall–Kier alpha value is -1.07. The van der Waals surface area contributed by atoms with Crippen LogP contribution >= 0.6 is 15.9 Å². The molecule has 2 atom stereocenters. The number of halogens is 1. The number of aliphatic carboxylic acids is 1. The molecule has 2 unspecified atom stereocenters. The van der Waals surface area contributed by atoms with Crippen LogP contribution in [0.2, 0.25) is 0 Å². The zero-order valence-electron chi connectivity index (χ0n) is 10.9. The highest BCUT2D eigenvalue weighted by molar-refractivity contribution is 9.10. The summed E-state index contributed by atoms with van der Waals surface area (Å²) in [5, 5.41) is 9.74. The lowest BCUT2D eigenvalue weighted by molar-refractivity contribution is -0.150. The Morgan fingerprint density at radius 2 is 2.37 bits per heavy atom. The van der Waals surface area contributed by atoms with Crippen molar-refractivity contribution in [2.45, 2.75) is 37.7 Å². The van der Waals surface area contributed by atoms with Gasteiger partial charge in [-0.2, -0.15) is 0 Å². The molecule has 0 aromatic heterocycles. The third-order valence-electron chi connectivity index (χ3n) is 3.89. The van der Waals surface area contributed by atoms with Crippen molar-refractivity contribution >= 4 is 27.6 Å². The first kappa shape index (κ1) is 14.3. The van der Waals surface area contributed by atoms with Gasteiger partial charge in [-0.05, 0) is 46.8 Å². The number of ether oxygens (including phenoxy) is 1. The number of benzene rings is 1. The molecular formula is C14H18BrNO3. The minimum Gasteiger partial charge on any atom is -0.481 e. The summed E-state index contributed by atoms with van der Waals surface area (Å²) in [6.07, 6.45) is 1.71. The van der Waals surface area contributed by atoms with E-state index >= 15 is 0 Å². The van der Waals surface area contributed by atoms with E-state index in [1.807, 2.05) is 25.1 Å². The number of nitrogens with two attached hydrogens (primary N) is 1. The predicted molar refractivity (Wildman–Crippen MR) is 77.1 cm³/mol. The molecule has 0 saturated carbocycles. The molecular weight excluding hydrogens is 310 g/mol. The summed E-state index contributed by atoms with van der Waals surface area (Å²) in [5.41, 5.74) is 6.34. The van der Waals surface area contributed by atoms with Gasteiger partial charge in [0.15, 0.2) is 0 Å². The zero-order chi connectivity index (χ0) is 14.0. The van der Waals surface area contributed by atoms with Crippen molar-refractivity contribution in [3.63, 3.8) is 0 Å². The SMILES string of the molecule is CCC1CC(C(=O)O)(c2cccc(Br)c2N)CCO1. The highest BCUT2D eigenvalue weighted by Crippen LogP contribution is 2.42. The van der Waals surface area contributed by atoms with Crippen LogP contribution in [0.4, 0.5) is 5.69 Å². The standard InChI is InChI=1S/C14H18BrNO3/c1-2-9-8-14(13(17)18,6-7-19-9)10-4-3-5-11(15)12(10)16/h3-5,9H,2,6-8,16H2,1H3,(H,17,18). The molecule has 1 aliphatic heterocycles. The fourth-order valence-corrected chi connectivity index (χ4v) is 3.09. The maximum absolute atomic E-state index is 11.9. The number of rotatable bonds is 3. The Kier molecular flexibility index (Phi) is 4.16. The molecule has 1 heterocycles. The highest BCUT2D eigenvalue weighted by atomic mass is 79.9. The number of carboxylic acids is 1. The van der Waals surface area contributed by atoms with E-state index in [4.69, 9.17) is 10.5 Å². The van der Waals surface area contributed by atoms with Gasteiger partial charge in [0.2, 0.25) is 0 Å². The second-order valence-electron chi connectivity index (χ2n) is 4.94. The Bertz CT molecular complexity index is 492. The maximum Gasteiger partial charge on any atom is 0.314 e. The molecule has 1 fully saturated rings. The number of nitrogen functional groups attached to an aromatic ring is 1. The van der Waals surface area contributed by atoms with Gasteiger partial charge in [-0.25, -0.2) is 0 Å². The van der Waals surface area contributed by atoms with Crippen LogP contribution < -0.4 is 5.73 Å². The lowest BCUT2D eigenvalue weighted by Crippen LogP contribution is -2.45.